The number of nitro benzene ring substituents is 1. The number of thiophene rings is 1. The van der Waals surface area contributed by atoms with Gasteiger partial charge in [-0.2, -0.15) is 0 Å². The molecule has 0 aliphatic heterocycles. The lowest BCUT2D eigenvalue weighted by atomic mass is 10.1. The van der Waals surface area contributed by atoms with Crippen LogP contribution < -0.4 is 4.74 Å². The highest BCUT2D eigenvalue weighted by Gasteiger charge is 2.32. The number of non-ortho nitro benzene ring substituents is 1. The molecule has 0 radical (unpaired) electrons. The first-order chi connectivity index (χ1) is 16.4. The zero-order valence-electron chi connectivity index (χ0n) is 17.7. The molecule has 1 aliphatic carbocycles. The summed E-state index contributed by atoms with van der Waals surface area (Å²) < 4.78 is 20.8. The molecule has 2 aromatic carbocycles. The monoisotopic (exact) mass is 479 g/mol. The van der Waals surface area contributed by atoms with Crippen molar-refractivity contribution < 1.29 is 24.0 Å². The SMILES string of the molecule is O=C(O)N(Cc1ccc(-c2cc3nccc(Oc4ccc([N+](=O)[O-])cc4F)c3s2)cc1)C1CC1. The number of hydrogen-bond acceptors (Lipinski definition) is 6. The van der Waals surface area contributed by atoms with Crippen LogP contribution in [0.5, 0.6) is 11.5 Å². The van der Waals surface area contributed by atoms with Gasteiger partial charge in [0.2, 0.25) is 0 Å². The zero-order chi connectivity index (χ0) is 23.8. The van der Waals surface area contributed by atoms with E-state index in [1.807, 2.05) is 30.3 Å². The molecule has 1 N–H and O–H groups in total. The smallest absolute Gasteiger partial charge is 0.407 e. The molecule has 8 nitrogen and oxygen atoms in total. The van der Waals surface area contributed by atoms with Gasteiger partial charge in [-0.25, -0.2) is 9.18 Å². The van der Waals surface area contributed by atoms with E-state index in [0.717, 1.165) is 34.9 Å². The molecule has 0 bridgehead atoms. The van der Waals surface area contributed by atoms with Gasteiger partial charge in [-0.05, 0) is 36.1 Å². The second kappa shape index (κ2) is 8.71. The Morgan fingerprint density at radius 2 is 1.94 bits per heavy atom. The fourth-order valence-electron chi connectivity index (χ4n) is 3.65. The Morgan fingerprint density at radius 1 is 1.18 bits per heavy atom. The lowest BCUT2D eigenvalue weighted by Gasteiger charge is -2.18. The van der Waals surface area contributed by atoms with Crippen LogP contribution in [0.3, 0.4) is 0 Å². The number of carbonyl (C=O) groups is 1. The van der Waals surface area contributed by atoms with Crippen LogP contribution in [0.15, 0.2) is 60.8 Å². The van der Waals surface area contributed by atoms with Crippen molar-refractivity contribution in [2.24, 2.45) is 0 Å². The molecule has 0 atom stereocenters. The summed E-state index contributed by atoms with van der Waals surface area (Å²) >= 11 is 1.43. The minimum Gasteiger partial charge on any atom is -0.465 e. The molecule has 2 heterocycles. The summed E-state index contributed by atoms with van der Waals surface area (Å²) in [4.78, 5) is 28.4. The van der Waals surface area contributed by atoms with Crippen LogP contribution in [-0.4, -0.2) is 32.0 Å². The van der Waals surface area contributed by atoms with Crippen LogP contribution >= 0.6 is 11.3 Å². The first kappa shape index (κ1) is 21.8. The number of benzene rings is 2. The predicted molar refractivity (Wildman–Crippen MR) is 125 cm³/mol. The average Bonchev–Trinajstić information content (AvgIpc) is 3.56. The number of ether oxygens (including phenoxy) is 1. The Bertz CT molecular complexity index is 1400. The molecule has 172 valence electrons. The number of aromatic nitrogens is 1. The van der Waals surface area contributed by atoms with Gasteiger partial charge in [0.05, 0.1) is 21.2 Å². The quantitative estimate of drug-likeness (QED) is 0.241. The first-order valence-corrected chi connectivity index (χ1v) is 11.3. The van der Waals surface area contributed by atoms with Crippen LogP contribution in [0.25, 0.3) is 20.7 Å². The van der Waals surface area contributed by atoms with Crippen LogP contribution in [0.2, 0.25) is 0 Å². The molecule has 0 unspecified atom stereocenters. The number of rotatable bonds is 7. The van der Waals surface area contributed by atoms with Crippen molar-refractivity contribution in [3.63, 3.8) is 0 Å². The zero-order valence-corrected chi connectivity index (χ0v) is 18.5. The Kier molecular flexibility index (Phi) is 5.58. The van der Waals surface area contributed by atoms with Gasteiger partial charge < -0.3 is 14.7 Å². The van der Waals surface area contributed by atoms with Crippen molar-refractivity contribution in [2.45, 2.75) is 25.4 Å². The summed E-state index contributed by atoms with van der Waals surface area (Å²) in [6.07, 6.45) is 2.47. The van der Waals surface area contributed by atoms with Crippen molar-refractivity contribution in [1.29, 1.82) is 0 Å². The molecule has 1 aliphatic rings. The second-order valence-electron chi connectivity index (χ2n) is 7.95. The van der Waals surface area contributed by atoms with Crippen LogP contribution in [0.4, 0.5) is 14.9 Å². The number of amides is 1. The third kappa shape index (κ3) is 4.40. The summed E-state index contributed by atoms with van der Waals surface area (Å²) in [6.45, 7) is 0.354. The molecule has 1 fully saturated rings. The first-order valence-electron chi connectivity index (χ1n) is 10.5. The second-order valence-corrected chi connectivity index (χ2v) is 9.00. The van der Waals surface area contributed by atoms with Crippen molar-refractivity contribution in [3.05, 3.63) is 82.3 Å². The maximum Gasteiger partial charge on any atom is 0.407 e. The standard InChI is InChI=1S/C24H18FN3O5S/c25-18-11-17(28(31)32)7-8-20(18)33-21-9-10-26-19-12-22(34-23(19)21)15-3-1-14(2-4-15)13-27(24(29)30)16-5-6-16/h1-4,7-12,16H,5-6,13H2,(H,29,30). The number of nitro groups is 1. The molecule has 1 saturated carbocycles. The van der Waals surface area contributed by atoms with Crippen LogP contribution in [0, 0.1) is 15.9 Å². The van der Waals surface area contributed by atoms with E-state index in [9.17, 15) is 24.4 Å². The number of halogens is 1. The van der Waals surface area contributed by atoms with E-state index in [0.29, 0.717) is 22.5 Å². The number of nitrogens with zero attached hydrogens (tertiary/aromatic N) is 3. The maximum atomic E-state index is 14.3. The van der Waals surface area contributed by atoms with Gasteiger partial charge >= 0.3 is 6.09 Å². The fourth-order valence-corrected chi connectivity index (χ4v) is 4.72. The van der Waals surface area contributed by atoms with Crippen LogP contribution in [-0.2, 0) is 6.54 Å². The maximum absolute atomic E-state index is 14.3. The fraction of sp³-hybridized carbons (Fsp3) is 0.167. The van der Waals surface area contributed by atoms with Gasteiger partial charge in [0.25, 0.3) is 5.69 Å². The van der Waals surface area contributed by atoms with Crippen molar-refractivity contribution in [3.8, 4) is 21.9 Å². The molecule has 0 saturated heterocycles. The summed E-state index contributed by atoms with van der Waals surface area (Å²) in [5.74, 6) is -0.545. The van der Waals surface area contributed by atoms with E-state index in [1.54, 1.807) is 12.3 Å². The molecule has 1 amide bonds. The van der Waals surface area contributed by atoms with E-state index < -0.39 is 16.8 Å². The largest absolute Gasteiger partial charge is 0.465 e. The molecule has 5 rings (SSSR count). The number of fused-ring (bicyclic) bond motifs is 1. The average molecular weight is 479 g/mol. The van der Waals surface area contributed by atoms with Gasteiger partial charge in [0, 0.05) is 35.8 Å². The van der Waals surface area contributed by atoms with Gasteiger partial charge in [-0.3, -0.25) is 15.1 Å². The van der Waals surface area contributed by atoms with Gasteiger partial charge in [-0.1, -0.05) is 24.3 Å². The number of carboxylic acid groups (broad SMARTS) is 1. The Morgan fingerprint density at radius 3 is 2.59 bits per heavy atom. The molecule has 10 heteroatoms. The third-order valence-corrected chi connectivity index (χ3v) is 6.73. The van der Waals surface area contributed by atoms with E-state index in [-0.39, 0.29) is 17.5 Å². The molecule has 4 aromatic rings. The molecular formula is C24H18FN3O5S. The highest BCUT2D eigenvalue weighted by Crippen LogP contribution is 2.40. The highest BCUT2D eigenvalue weighted by molar-refractivity contribution is 7.22. The summed E-state index contributed by atoms with van der Waals surface area (Å²) in [7, 11) is 0. The highest BCUT2D eigenvalue weighted by atomic mass is 32.1. The minimum atomic E-state index is -0.904. The third-order valence-electron chi connectivity index (χ3n) is 5.55. The molecule has 2 aromatic heterocycles. The van der Waals surface area contributed by atoms with E-state index in [2.05, 4.69) is 4.98 Å². The van der Waals surface area contributed by atoms with E-state index >= 15 is 0 Å². The summed E-state index contributed by atoms with van der Waals surface area (Å²) in [5.41, 5.74) is 2.17. The van der Waals surface area contributed by atoms with E-state index in [4.69, 9.17) is 4.74 Å². The Balaban J connectivity index is 1.39. The lowest BCUT2D eigenvalue weighted by Crippen LogP contribution is -2.30. The van der Waals surface area contributed by atoms with E-state index in [1.165, 1.54) is 28.4 Å². The molecule has 34 heavy (non-hydrogen) atoms. The van der Waals surface area contributed by atoms with Crippen molar-refractivity contribution >= 4 is 33.3 Å². The number of pyridine rings is 1. The molecule has 0 spiro atoms. The lowest BCUT2D eigenvalue weighted by molar-refractivity contribution is -0.385. The molecular weight excluding hydrogens is 461 g/mol. The van der Waals surface area contributed by atoms with Gasteiger partial charge in [0.15, 0.2) is 11.6 Å². The van der Waals surface area contributed by atoms with Crippen LogP contribution in [0.1, 0.15) is 18.4 Å². The van der Waals surface area contributed by atoms with Gasteiger partial charge in [0.1, 0.15) is 5.75 Å². The minimum absolute atomic E-state index is 0.115. The summed E-state index contributed by atoms with van der Waals surface area (Å²) in [6, 6.07) is 14.6. The predicted octanol–water partition coefficient (Wildman–Crippen LogP) is 6.45. The normalized spacial score (nSPS) is 13.1. The van der Waals surface area contributed by atoms with Gasteiger partial charge in [-0.15, -0.1) is 11.3 Å². The topological polar surface area (TPSA) is 106 Å². The Labute approximate surface area is 197 Å². The van der Waals surface area contributed by atoms with Crippen molar-refractivity contribution in [2.75, 3.05) is 0 Å². The van der Waals surface area contributed by atoms with Crippen molar-refractivity contribution in [1.82, 2.24) is 9.88 Å². The summed E-state index contributed by atoms with van der Waals surface area (Å²) in [5, 5.41) is 20.2. The Hall–Kier alpha value is -4.05. The number of hydrogen-bond donors (Lipinski definition) is 1.